The summed E-state index contributed by atoms with van der Waals surface area (Å²) in [6, 6.07) is 0. The quantitative estimate of drug-likeness (QED) is 0.139. The Morgan fingerprint density at radius 2 is 0.917 bits per heavy atom. The van der Waals surface area contributed by atoms with Crippen molar-refractivity contribution in [2.24, 2.45) is 0 Å². The standard InChI is InChI=1S/C22H43O.Pm/c1-3-5-7-9-11-13-15-17-19-21-22(23)20-18-16-14-12-10-8-6-4-2;/h2-21H2,1H3;/q-1;. The molecule has 1 nitrogen and oxygen atoms in total. The molecule has 0 unspecified atom stereocenters. The first-order valence-corrected chi connectivity index (χ1v) is 10.6. The van der Waals surface area contributed by atoms with Gasteiger partial charge in [0, 0.05) is 53.2 Å². The van der Waals surface area contributed by atoms with Gasteiger partial charge in [0.2, 0.25) is 0 Å². The summed E-state index contributed by atoms with van der Waals surface area (Å²) in [6.07, 6.45) is 23.7. The second-order valence-electron chi connectivity index (χ2n) is 7.20. The van der Waals surface area contributed by atoms with E-state index in [2.05, 4.69) is 13.8 Å². The van der Waals surface area contributed by atoms with Gasteiger partial charge in [-0.15, -0.1) is 0 Å². The molecular formula is C22H43OPm-. The zero-order chi connectivity index (χ0) is 17.0. The van der Waals surface area contributed by atoms with E-state index in [0.29, 0.717) is 5.78 Å². The Labute approximate surface area is 185 Å². The average Bonchev–Trinajstić information content (AvgIpc) is 2.56. The van der Waals surface area contributed by atoms with Crippen molar-refractivity contribution >= 4 is 5.78 Å². The largest absolute Gasteiger partial charge is 0.343 e. The van der Waals surface area contributed by atoms with Crippen LogP contribution >= 0.6 is 0 Å². The van der Waals surface area contributed by atoms with E-state index in [1.165, 1.54) is 89.9 Å². The molecule has 0 aliphatic heterocycles. The summed E-state index contributed by atoms with van der Waals surface area (Å²) in [4.78, 5) is 11.8. The molecule has 0 amide bonds. The number of carbonyl (C=O) groups excluding carboxylic acids is 1. The molecular weight excluding hydrogens is 425 g/mol. The number of hydrogen-bond donors (Lipinski definition) is 0. The summed E-state index contributed by atoms with van der Waals surface area (Å²) >= 11 is 0. The van der Waals surface area contributed by atoms with E-state index in [1.807, 2.05) is 0 Å². The van der Waals surface area contributed by atoms with Gasteiger partial charge in [0.25, 0.3) is 0 Å². The fourth-order valence-electron chi connectivity index (χ4n) is 3.14. The van der Waals surface area contributed by atoms with Crippen molar-refractivity contribution < 1.29 is 45.2 Å². The van der Waals surface area contributed by atoms with Gasteiger partial charge in [0.15, 0.2) is 0 Å². The van der Waals surface area contributed by atoms with Crippen molar-refractivity contribution in [1.82, 2.24) is 0 Å². The number of carbonyl (C=O) groups is 1. The van der Waals surface area contributed by atoms with Gasteiger partial charge in [-0.1, -0.05) is 96.8 Å². The predicted octanol–water partition coefficient (Wildman–Crippen LogP) is 7.82. The second-order valence-corrected chi connectivity index (χ2v) is 7.20. The van der Waals surface area contributed by atoms with Crippen LogP contribution in [0.15, 0.2) is 0 Å². The van der Waals surface area contributed by atoms with Crippen molar-refractivity contribution in [2.45, 2.75) is 129 Å². The molecule has 0 saturated heterocycles. The Morgan fingerprint density at radius 3 is 1.29 bits per heavy atom. The first-order chi connectivity index (χ1) is 11.3. The summed E-state index contributed by atoms with van der Waals surface area (Å²) in [5.41, 5.74) is 0. The zero-order valence-corrected chi connectivity index (χ0v) is 19.4. The predicted molar refractivity (Wildman–Crippen MR) is 104 cm³/mol. The molecule has 0 heterocycles. The zero-order valence-electron chi connectivity index (χ0n) is 16.5. The van der Waals surface area contributed by atoms with Gasteiger partial charge in [0.1, 0.15) is 5.78 Å². The molecule has 0 aromatic rings. The van der Waals surface area contributed by atoms with Crippen LogP contribution < -0.4 is 0 Å². The van der Waals surface area contributed by atoms with Crippen molar-refractivity contribution in [2.75, 3.05) is 0 Å². The maximum absolute atomic E-state index is 11.8. The fourth-order valence-corrected chi connectivity index (χ4v) is 3.14. The van der Waals surface area contributed by atoms with Gasteiger partial charge in [-0.25, -0.2) is 0 Å². The van der Waals surface area contributed by atoms with E-state index in [4.69, 9.17) is 0 Å². The molecule has 2 heteroatoms. The van der Waals surface area contributed by atoms with Crippen LogP contribution in [0.4, 0.5) is 0 Å². The van der Waals surface area contributed by atoms with Crippen LogP contribution in [0.3, 0.4) is 0 Å². The number of unbranched alkanes of at least 4 members (excludes halogenated alkanes) is 15. The third-order valence-corrected chi connectivity index (χ3v) is 4.76. The maximum atomic E-state index is 11.8. The minimum Gasteiger partial charge on any atom is -0.343 e. The molecule has 0 N–H and O–H groups in total. The van der Waals surface area contributed by atoms with Crippen LogP contribution in [0.2, 0.25) is 0 Å². The number of ketones is 1. The third kappa shape index (κ3) is 23.0. The SMILES string of the molecule is [CH2-]CCCCCCCCCC(=O)CCCCCCCCCCC.[Pm]. The van der Waals surface area contributed by atoms with Gasteiger partial charge < -0.3 is 6.92 Å². The number of rotatable bonds is 19. The van der Waals surface area contributed by atoms with E-state index >= 15 is 0 Å². The normalized spacial score (nSPS) is 10.6. The van der Waals surface area contributed by atoms with E-state index in [0.717, 1.165) is 32.1 Å². The Morgan fingerprint density at radius 1 is 0.583 bits per heavy atom. The monoisotopic (exact) mass is 468 g/mol. The first kappa shape index (κ1) is 27.2. The van der Waals surface area contributed by atoms with E-state index in [9.17, 15) is 4.79 Å². The van der Waals surface area contributed by atoms with Crippen LogP contribution in [-0.4, -0.2) is 5.78 Å². The van der Waals surface area contributed by atoms with Crippen LogP contribution in [0, 0.1) is 47.3 Å². The minimum absolute atomic E-state index is 0. The molecule has 0 atom stereocenters. The number of Topliss-reactive ketones (excluding diaryl/α,β-unsaturated/α-hetero) is 1. The fraction of sp³-hybridized carbons (Fsp3) is 0.909. The van der Waals surface area contributed by atoms with E-state index < -0.39 is 0 Å². The molecule has 24 heavy (non-hydrogen) atoms. The third-order valence-electron chi connectivity index (χ3n) is 4.76. The summed E-state index contributed by atoms with van der Waals surface area (Å²) in [6.45, 7) is 6.14. The van der Waals surface area contributed by atoms with Crippen LogP contribution in [0.25, 0.3) is 0 Å². The molecule has 0 aromatic heterocycles. The summed E-state index contributed by atoms with van der Waals surface area (Å²) in [5, 5.41) is 0. The van der Waals surface area contributed by atoms with Gasteiger partial charge in [-0.05, 0) is 12.8 Å². The molecule has 0 rings (SSSR count). The van der Waals surface area contributed by atoms with Crippen LogP contribution in [-0.2, 0) is 4.79 Å². The molecule has 143 valence electrons. The van der Waals surface area contributed by atoms with Crippen LogP contribution in [0.1, 0.15) is 129 Å². The van der Waals surface area contributed by atoms with E-state index in [1.54, 1.807) is 0 Å². The molecule has 0 saturated carbocycles. The maximum Gasteiger partial charge on any atom is 0.132 e. The summed E-state index contributed by atoms with van der Waals surface area (Å²) in [7, 11) is 0. The van der Waals surface area contributed by atoms with Crippen LogP contribution in [0.5, 0.6) is 0 Å². The van der Waals surface area contributed by atoms with Crippen molar-refractivity contribution in [3.63, 3.8) is 0 Å². The molecule has 0 fully saturated rings. The van der Waals surface area contributed by atoms with Crippen molar-refractivity contribution in [3.05, 3.63) is 6.92 Å². The van der Waals surface area contributed by atoms with Gasteiger partial charge in [-0.2, -0.15) is 6.42 Å². The number of hydrogen-bond acceptors (Lipinski definition) is 1. The summed E-state index contributed by atoms with van der Waals surface area (Å²) < 4.78 is 0. The molecule has 1 radical (unpaired) electrons. The molecule has 0 aromatic carbocycles. The molecule has 0 aliphatic rings. The van der Waals surface area contributed by atoms with Gasteiger partial charge in [-0.3, -0.25) is 4.79 Å². The smallest absolute Gasteiger partial charge is 0.132 e. The Balaban J connectivity index is 0. The van der Waals surface area contributed by atoms with E-state index in [-0.39, 0.29) is 40.4 Å². The van der Waals surface area contributed by atoms with Crippen molar-refractivity contribution in [3.8, 4) is 0 Å². The van der Waals surface area contributed by atoms with Gasteiger partial charge >= 0.3 is 0 Å². The molecule has 0 bridgehead atoms. The first-order valence-electron chi connectivity index (χ1n) is 10.6. The van der Waals surface area contributed by atoms with Gasteiger partial charge in [0.05, 0.1) is 0 Å². The topological polar surface area (TPSA) is 17.1 Å². The minimum atomic E-state index is 0. The Kier molecular flexibility index (Phi) is 27.2. The summed E-state index contributed by atoms with van der Waals surface area (Å²) in [5.74, 6) is 0.505. The molecule has 0 aliphatic carbocycles. The average molecular weight is 469 g/mol. The van der Waals surface area contributed by atoms with Crippen molar-refractivity contribution in [1.29, 1.82) is 0 Å². The second kappa shape index (κ2) is 24.0. The molecule has 0 spiro atoms. The Hall–Kier alpha value is 1.01. The Bertz CT molecular complexity index is 240.